The maximum Gasteiger partial charge on any atom is 0.230 e. The molecule has 2 atom stereocenters. The van der Waals surface area contributed by atoms with Gasteiger partial charge in [-0.05, 0) is 49.2 Å². The van der Waals surface area contributed by atoms with Crippen molar-refractivity contribution in [2.75, 3.05) is 25.0 Å². The van der Waals surface area contributed by atoms with Crippen LogP contribution in [0.25, 0.3) is 22.3 Å². The minimum atomic E-state index is -0.784. The summed E-state index contributed by atoms with van der Waals surface area (Å²) in [6.45, 7) is 2.55. The number of halogens is 2. The van der Waals surface area contributed by atoms with Crippen LogP contribution >= 0.6 is 0 Å². The molecule has 10 heteroatoms. The van der Waals surface area contributed by atoms with Gasteiger partial charge in [0.1, 0.15) is 22.8 Å². The monoisotopic (exact) mass is 490 g/mol. The summed E-state index contributed by atoms with van der Waals surface area (Å²) >= 11 is 0. The first-order valence-electron chi connectivity index (χ1n) is 11.9. The largest absolute Gasteiger partial charge is 0.494 e. The number of aromatic hydroxyl groups is 1. The molecule has 2 saturated heterocycles. The van der Waals surface area contributed by atoms with Crippen molar-refractivity contribution in [3.8, 4) is 17.3 Å². The SMILES string of the molecule is O=C1C(c2ccc(Nc3nc(-c4c(F)cccc4F)nc4c[nH]c(O)c34)cc2)CCN1C1CCNC1. The summed E-state index contributed by atoms with van der Waals surface area (Å²) in [4.78, 5) is 26.3. The molecule has 6 rings (SSSR count). The topological polar surface area (TPSA) is 106 Å². The van der Waals surface area contributed by atoms with E-state index in [1.54, 1.807) is 0 Å². The number of benzene rings is 2. The van der Waals surface area contributed by atoms with E-state index in [2.05, 4.69) is 25.6 Å². The number of nitrogens with one attached hydrogen (secondary N) is 3. The fraction of sp³-hybridized carbons (Fsp3) is 0.269. The van der Waals surface area contributed by atoms with Crippen LogP contribution in [0.5, 0.6) is 5.88 Å². The normalized spacial score (nSPS) is 19.9. The number of H-pyrrole nitrogens is 1. The van der Waals surface area contributed by atoms with E-state index in [0.717, 1.165) is 50.2 Å². The zero-order chi connectivity index (χ0) is 24.8. The third kappa shape index (κ3) is 3.83. The van der Waals surface area contributed by atoms with Crippen LogP contribution in [0.1, 0.15) is 24.3 Å². The van der Waals surface area contributed by atoms with Crippen LogP contribution in [0.15, 0.2) is 48.7 Å². The highest BCUT2D eigenvalue weighted by atomic mass is 19.1. The third-order valence-corrected chi connectivity index (χ3v) is 7.00. The Kier molecular flexibility index (Phi) is 5.52. The van der Waals surface area contributed by atoms with Crippen molar-refractivity contribution < 1.29 is 18.7 Å². The molecular weight excluding hydrogens is 466 g/mol. The van der Waals surface area contributed by atoms with Gasteiger partial charge in [-0.25, -0.2) is 18.7 Å². The molecule has 36 heavy (non-hydrogen) atoms. The number of aromatic amines is 1. The maximum absolute atomic E-state index is 14.4. The van der Waals surface area contributed by atoms with E-state index in [1.807, 2.05) is 29.2 Å². The van der Waals surface area contributed by atoms with Gasteiger partial charge in [-0.2, -0.15) is 0 Å². The lowest BCUT2D eigenvalue weighted by Crippen LogP contribution is -2.38. The second-order valence-electron chi connectivity index (χ2n) is 9.16. The van der Waals surface area contributed by atoms with Crippen molar-refractivity contribution in [2.45, 2.75) is 24.8 Å². The molecule has 0 spiro atoms. The molecule has 0 saturated carbocycles. The van der Waals surface area contributed by atoms with Gasteiger partial charge in [0.15, 0.2) is 5.82 Å². The van der Waals surface area contributed by atoms with E-state index in [-0.39, 0.29) is 41.0 Å². The Balaban J connectivity index is 1.29. The Morgan fingerprint density at radius 3 is 2.56 bits per heavy atom. The highest BCUT2D eigenvalue weighted by Crippen LogP contribution is 2.35. The first-order chi connectivity index (χ1) is 17.5. The average Bonchev–Trinajstić information content (AvgIpc) is 3.60. The molecule has 4 heterocycles. The lowest BCUT2D eigenvalue weighted by atomic mass is 9.97. The van der Waals surface area contributed by atoms with Crippen LogP contribution in [0.3, 0.4) is 0 Å². The highest BCUT2D eigenvalue weighted by molar-refractivity contribution is 5.96. The molecule has 2 unspecified atom stereocenters. The minimum Gasteiger partial charge on any atom is -0.494 e. The molecule has 2 aliphatic rings. The smallest absolute Gasteiger partial charge is 0.230 e. The molecule has 2 aromatic heterocycles. The number of carbonyl (C=O) groups excluding carboxylic acids is 1. The van der Waals surface area contributed by atoms with Gasteiger partial charge in [-0.3, -0.25) is 4.79 Å². The molecule has 4 N–H and O–H groups in total. The number of rotatable bonds is 5. The summed E-state index contributed by atoms with van der Waals surface area (Å²) in [7, 11) is 0. The number of likely N-dealkylation sites (tertiary alicyclic amines) is 1. The van der Waals surface area contributed by atoms with Crippen LogP contribution in [-0.4, -0.2) is 56.5 Å². The lowest BCUT2D eigenvalue weighted by Gasteiger charge is -2.23. The van der Waals surface area contributed by atoms with Gasteiger partial charge in [0.25, 0.3) is 0 Å². The van der Waals surface area contributed by atoms with E-state index < -0.39 is 11.6 Å². The number of anilines is 2. The van der Waals surface area contributed by atoms with E-state index in [4.69, 9.17) is 0 Å². The molecule has 4 aromatic rings. The van der Waals surface area contributed by atoms with Gasteiger partial charge in [0.05, 0.1) is 17.0 Å². The number of aromatic nitrogens is 3. The number of nitrogens with zero attached hydrogens (tertiary/aromatic N) is 3. The summed E-state index contributed by atoms with van der Waals surface area (Å²) in [5.74, 6) is -1.69. The lowest BCUT2D eigenvalue weighted by molar-refractivity contribution is -0.130. The summed E-state index contributed by atoms with van der Waals surface area (Å²) in [6.07, 6.45) is 3.21. The zero-order valence-corrected chi connectivity index (χ0v) is 19.3. The van der Waals surface area contributed by atoms with Crippen LogP contribution in [0.4, 0.5) is 20.3 Å². The Morgan fingerprint density at radius 2 is 1.83 bits per heavy atom. The average molecular weight is 491 g/mol. The standard InChI is InChI=1S/C26H24F2N6O2/c27-18-2-1-3-19(28)21(18)23-32-20-13-30-25(35)22(20)24(33-23)31-15-6-4-14(5-7-15)17-9-11-34(26(17)36)16-8-10-29-12-16/h1-7,13,16-17,29-30,35H,8-12H2,(H,31,32,33). The van der Waals surface area contributed by atoms with E-state index in [9.17, 15) is 18.7 Å². The Morgan fingerprint density at radius 1 is 1.06 bits per heavy atom. The van der Waals surface area contributed by atoms with Crippen LogP contribution in [0, 0.1) is 11.6 Å². The zero-order valence-electron chi connectivity index (χ0n) is 19.3. The van der Waals surface area contributed by atoms with Crippen molar-refractivity contribution in [3.05, 3.63) is 65.9 Å². The summed E-state index contributed by atoms with van der Waals surface area (Å²) in [5, 5.41) is 17.0. The fourth-order valence-corrected chi connectivity index (χ4v) is 5.15. The highest BCUT2D eigenvalue weighted by Gasteiger charge is 2.37. The molecule has 0 bridgehead atoms. The molecule has 0 radical (unpaired) electrons. The predicted octanol–water partition coefficient (Wildman–Crippen LogP) is 4.03. The Hall–Kier alpha value is -4.05. The van der Waals surface area contributed by atoms with Crippen LogP contribution in [-0.2, 0) is 4.79 Å². The number of fused-ring (bicyclic) bond motifs is 1. The van der Waals surface area contributed by atoms with Crippen LogP contribution in [0.2, 0.25) is 0 Å². The van der Waals surface area contributed by atoms with Crippen LogP contribution < -0.4 is 10.6 Å². The molecule has 8 nitrogen and oxygen atoms in total. The predicted molar refractivity (Wildman–Crippen MR) is 131 cm³/mol. The Bertz CT molecular complexity index is 1430. The molecule has 0 aliphatic carbocycles. The van der Waals surface area contributed by atoms with Gasteiger partial charge in [-0.15, -0.1) is 0 Å². The van der Waals surface area contributed by atoms with Gasteiger partial charge < -0.3 is 25.6 Å². The first kappa shape index (κ1) is 22.4. The molecule has 184 valence electrons. The molecular formula is C26H24F2N6O2. The number of hydrogen-bond donors (Lipinski definition) is 4. The second-order valence-corrected chi connectivity index (χ2v) is 9.16. The minimum absolute atomic E-state index is 0.144. The number of amides is 1. The van der Waals surface area contributed by atoms with Gasteiger partial charge in [0, 0.05) is 31.0 Å². The van der Waals surface area contributed by atoms with Crippen molar-refractivity contribution in [1.29, 1.82) is 0 Å². The third-order valence-electron chi connectivity index (χ3n) is 7.00. The van der Waals surface area contributed by atoms with E-state index in [1.165, 1.54) is 12.3 Å². The van der Waals surface area contributed by atoms with E-state index >= 15 is 0 Å². The molecule has 2 fully saturated rings. The first-order valence-corrected chi connectivity index (χ1v) is 11.9. The Labute approximate surface area is 205 Å². The second kappa shape index (κ2) is 8.87. The number of hydrogen-bond acceptors (Lipinski definition) is 6. The molecule has 2 aromatic carbocycles. The van der Waals surface area contributed by atoms with Crippen molar-refractivity contribution in [2.24, 2.45) is 0 Å². The quantitative estimate of drug-likeness (QED) is 0.337. The van der Waals surface area contributed by atoms with Crippen molar-refractivity contribution in [3.63, 3.8) is 0 Å². The van der Waals surface area contributed by atoms with E-state index in [0.29, 0.717) is 16.6 Å². The summed E-state index contributed by atoms with van der Waals surface area (Å²) < 4.78 is 28.8. The van der Waals surface area contributed by atoms with Gasteiger partial charge in [-0.1, -0.05) is 18.2 Å². The number of carbonyl (C=O) groups is 1. The summed E-state index contributed by atoms with van der Waals surface area (Å²) in [6, 6.07) is 11.3. The van der Waals surface area contributed by atoms with Crippen molar-refractivity contribution >= 4 is 28.3 Å². The maximum atomic E-state index is 14.4. The van der Waals surface area contributed by atoms with Gasteiger partial charge in [0.2, 0.25) is 11.8 Å². The van der Waals surface area contributed by atoms with Gasteiger partial charge >= 0.3 is 0 Å². The molecule has 2 aliphatic heterocycles. The fourth-order valence-electron chi connectivity index (χ4n) is 5.15. The summed E-state index contributed by atoms with van der Waals surface area (Å²) in [5.41, 5.74) is 1.53. The molecule has 1 amide bonds. The van der Waals surface area contributed by atoms with Crippen molar-refractivity contribution in [1.82, 2.24) is 25.2 Å².